The van der Waals surface area contributed by atoms with Gasteiger partial charge >= 0.3 is 17.8 Å². The van der Waals surface area contributed by atoms with Crippen molar-refractivity contribution in [3.05, 3.63) is 114 Å². The van der Waals surface area contributed by atoms with Crippen molar-refractivity contribution in [3.63, 3.8) is 0 Å². The molecule has 0 spiro atoms. The third-order valence-corrected chi connectivity index (χ3v) is 10.8. The second-order valence-electron chi connectivity index (χ2n) is 11.4. The monoisotopic (exact) mass is 681 g/mol. The highest BCUT2D eigenvalue weighted by molar-refractivity contribution is 7.13. The molecule has 0 saturated carbocycles. The smallest absolute Gasteiger partial charge is 0.380 e. The number of allylic oxidation sites excluding steroid dienone is 2. The van der Waals surface area contributed by atoms with E-state index in [-0.39, 0.29) is 32.0 Å². The average molecular weight is 682 g/mol. The highest BCUT2D eigenvalue weighted by Crippen LogP contribution is 2.66. The van der Waals surface area contributed by atoms with Gasteiger partial charge in [-0.2, -0.15) is 26.3 Å². The molecule has 6 rings (SSSR count). The molecular weight excluding hydrogens is 653 g/mol. The third kappa shape index (κ3) is 5.31. The van der Waals surface area contributed by atoms with Crippen LogP contribution in [0.1, 0.15) is 53.0 Å². The predicted octanol–water partition coefficient (Wildman–Crippen LogP) is 11.8. The summed E-state index contributed by atoms with van der Waals surface area (Å²) < 4.78 is 99.0. The number of aryl methyl sites for hydroxylation is 2. The van der Waals surface area contributed by atoms with Gasteiger partial charge in [-0.3, -0.25) is 0 Å². The van der Waals surface area contributed by atoms with E-state index in [9.17, 15) is 0 Å². The fourth-order valence-corrected chi connectivity index (χ4v) is 8.17. The minimum Gasteiger partial charge on any atom is -0.497 e. The summed E-state index contributed by atoms with van der Waals surface area (Å²) in [7, 11) is 1.54. The Labute approximate surface area is 276 Å². The normalized spacial score (nSPS) is 17.1. The Morgan fingerprint density at radius 1 is 0.638 bits per heavy atom. The predicted molar refractivity (Wildman–Crippen MR) is 182 cm³/mol. The zero-order valence-corrected chi connectivity index (χ0v) is 27.7. The number of aromatic nitrogens is 1. The number of hydrogen-bond acceptors (Lipinski definition) is 4. The number of nitrogens with zero attached hydrogens (tertiary/aromatic N) is 1. The third-order valence-electron chi connectivity index (χ3n) is 8.45. The minimum absolute atomic E-state index is 0.218. The van der Waals surface area contributed by atoms with Gasteiger partial charge < -0.3 is 4.74 Å². The summed E-state index contributed by atoms with van der Waals surface area (Å²) in [5.41, 5.74) is -0.608. The van der Waals surface area contributed by atoms with Gasteiger partial charge in [0.25, 0.3) is 0 Å². The molecule has 3 aromatic heterocycles. The van der Waals surface area contributed by atoms with Gasteiger partial charge in [0.05, 0.1) is 18.3 Å². The number of benzene rings is 2. The molecule has 47 heavy (non-hydrogen) atoms. The van der Waals surface area contributed by atoms with E-state index >= 15 is 26.3 Å². The molecular formula is C37H29F6NOS2. The second kappa shape index (κ2) is 11.8. The summed E-state index contributed by atoms with van der Waals surface area (Å²) in [5.74, 6) is -15.3. The van der Waals surface area contributed by atoms with Crippen molar-refractivity contribution in [2.24, 2.45) is 0 Å². The summed E-state index contributed by atoms with van der Waals surface area (Å²) in [6.45, 7) is 5.98. The van der Waals surface area contributed by atoms with Gasteiger partial charge in [-0.1, -0.05) is 42.5 Å². The SMILES string of the molecule is COc1ccc(C=Cc2sc(C)c(C3=C(c4c(C)sc(C=Cc5ccc6ccccc6n5)c4C)C(F)(F)C(F)(F)C3(F)F)c2C)cc1. The van der Waals surface area contributed by atoms with Crippen LogP contribution in [0, 0.1) is 27.7 Å². The fraction of sp³-hybridized carbons (Fsp3) is 0.216. The Bertz CT molecular complexity index is 2100. The van der Waals surface area contributed by atoms with Crippen LogP contribution in [-0.4, -0.2) is 29.9 Å². The standard InChI is InChI=1S/C37H29F6NOS2/c1-20-29(18-12-24-10-16-27(45-5)17-11-24)46-22(3)31(20)33-34(36(40,41)37(42,43)35(33,38)39)32-21(2)30(47-23(32)4)19-15-26-14-13-25-8-6-7-9-28(25)44-26/h6-19H,1-5H3. The van der Waals surface area contributed by atoms with E-state index in [0.29, 0.717) is 21.2 Å². The van der Waals surface area contributed by atoms with Crippen molar-refractivity contribution in [1.82, 2.24) is 4.98 Å². The number of halogens is 6. The maximum atomic E-state index is 15.8. The molecule has 0 radical (unpaired) electrons. The van der Waals surface area contributed by atoms with E-state index in [2.05, 4.69) is 4.98 Å². The van der Waals surface area contributed by atoms with Crippen LogP contribution < -0.4 is 4.74 Å². The number of thiophene rings is 2. The van der Waals surface area contributed by atoms with E-state index < -0.39 is 28.9 Å². The molecule has 1 aliphatic carbocycles. The molecule has 0 aliphatic heterocycles. The van der Waals surface area contributed by atoms with Gasteiger partial charge in [0, 0.05) is 47.2 Å². The van der Waals surface area contributed by atoms with Crippen LogP contribution in [0.4, 0.5) is 26.3 Å². The molecule has 0 amide bonds. The van der Waals surface area contributed by atoms with E-state index in [0.717, 1.165) is 39.1 Å². The van der Waals surface area contributed by atoms with Crippen molar-refractivity contribution < 1.29 is 31.1 Å². The number of rotatable bonds is 7. The highest BCUT2D eigenvalue weighted by atomic mass is 32.1. The van der Waals surface area contributed by atoms with Gasteiger partial charge in [-0.15, -0.1) is 22.7 Å². The molecule has 0 atom stereocenters. The Kier molecular flexibility index (Phi) is 8.25. The van der Waals surface area contributed by atoms with E-state index in [1.54, 1.807) is 61.7 Å². The molecule has 2 aromatic carbocycles. The molecule has 5 aromatic rings. The summed E-state index contributed by atoms with van der Waals surface area (Å²) in [6.07, 6.45) is 6.75. The summed E-state index contributed by atoms with van der Waals surface area (Å²) in [5, 5.41) is 0.943. The number of ether oxygens (including phenoxy) is 1. The van der Waals surface area contributed by atoms with E-state index in [4.69, 9.17) is 4.74 Å². The maximum absolute atomic E-state index is 15.8. The number of pyridine rings is 1. The molecule has 3 heterocycles. The van der Waals surface area contributed by atoms with Crippen LogP contribution in [0.2, 0.25) is 0 Å². The van der Waals surface area contributed by atoms with Crippen molar-refractivity contribution in [3.8, 4) is 5.75 Å². The topological polar surface area (TPSA) is 22.1 Å². The van der Waals surface area contributed by atoms with Crippen molar-refractivity contribution in [1.29, 1.82) is 0 Å². The van der Waals surface area contributed by atoms with Crippen molar-refractivity contribution in [2.75, 3.05) is 7.11 Å². The Hall–Kier alpha value is -4.15. The quantitative estimate of drug-likeness (QED) is 0.160. The molecule has 0 fully saturated rings. The van der Waals surface area contributed by atoms with Gasteiger partial charge in [0.2, 0.25) is 0 Å². The molecule has 0 unspecified atom stereocenters. The lowest BCUT2D eigenvalue weighted by Gasteiger charge is -2.26. The number of hydrogen-bond donors (Lipinski definition) is 0. The lowest BCUT2D eigenvalue weighted by atomic mass is 9.90. The van der Waals surface area contributed by atoms with Gasteiger partial charge in [-0.05, 0) is 86.9 Å². The summed E-state index contributed by atoms with van der Waals surface area (Å²) in [6, 6.07) is 18.3. The highest BCUT2D eigenvalue weighted by Gasteiger charge is 2.80. The second-order valence-corrected chi connectivity index (χ2v) is 13.9. The number of methoxy groups -OCH3 is 1. The molecule has 0 N–H and O–H groups in total. The fourth-order valence-electron chi connectivity index (χ4n) is 6.02. The van der Waals surface area contributed by atoms with Crippen LogP contribution in [-0.2, 0) is 0 Å². The van der Waals surface area contributed by atoms with Crippen LogP contribution in [0.5, 0.6) is 5.75 Å². The van der Waals surface area contributed by atoms with Crippen LogP contribution in [0.25, 0.3) is 46.4 Å². The largest absolute Gasteiger partial charge is 0.497 e. The zero-order chi connectivity index (χ0) is 33.9. The number of fused-ring (bicyclic) bond motifs is 1. The van der Waals surface area contributed by atoms with Gasteiger partial charge in [-0.25, -0.2) is 4.98 Å². The number of para-hydroxylation sites is 1. The Morgan fingerprint density at radius 3 is 1.72 bits per heavy atom. The lowest BCUT2D eigenvalue weighted by molar-refractivity contribution is -0.254. The molecule has 0 bridgehead atoms. The van der Waals surface area contributed by atoms with Crippen LogP contribution in [0.3, 0.4) is 0 Å². The first-order chi connectivity index (χ1) is 22.2. The van der Waals surface area contributed by atoms with Crippen molar-refractivity contribution >= 4 is 69.0 Å². The lowest BCUT2D eigenvalue weighted by Crippen LogP contribution is -2.49. The molecule has 0 saturated heterocycles. The van der Waals surface area contributed by atoms with E-state index in [1.165, 1.54) is 27.7 Å². The Balaban J connectivity index is 1.48. The first kappa shape index (κ1) is 32.8. The van der Waals surface area contributed by atoms with Crippen LogP contribution in [0.15, 0.2) is 60.7 Å². The van der Waals surface area contributed by atoms with Gasteiger partial charge in [0.15, 0.2) is 0 Å². The molecule has 2 nitrogen and oxygen atoms in total. The number of alkyl halides is 6. The van der Waals surface area contributed by atoms with Crippen LogP contribution >= 0.6 is 22.7 Å². The molecule has 10 heteroatoms. The molecule has 1 aliphatic rings. The van der Waals surface area contributed by atoms with Crippen molar-refractivity contribution in [2.45, 2.75) is 45.5 Å². The average Bonchev–Trinajstić information content (AvgIpc) is 3.52. The zero-order valence-electron chi connectivity index (χ0n) is 26.0. The van der Waals surface area contributed by atoms with E-state index in [1.807, 2.05) is 30.3 Å². The van der Waals surface area contributed by atoms with Gasteiger partial charge in [0.1, 0.15) is 5.75 Å². The summed E-state index contributed by atoms with van der Waals surface area (Å²) >= 11 is 2.17. The summed E-state index contributed by atoms with van der Waals surface area (Å²) in [4.78, 5) is 6.04. The maximum Gasteiger partial charge on any atom is 0.380 e. The first-order valence-corrected chi connectivity index (χ1v) is 16.3. The molecule has 242 valence electrons. The minimum atomic E-state index is -5.64. The Morgan fingerprint density at radius 2 is 1.17 bits per heavy atom. The first-order valence-electron chi connectivity index (χ1n) is 14.6.